The Hall–Kier alpha value is -1.99. The Balaban J connectivity index is 0.00000338. The van der Waals surface area contributed by atoms with Gasteiger partial charge in [-0.25, -0.2) is 0 Å². The van der Waals surface area contributed by atoms with Crippen LogP contribution in [0.15, 0.2) is 12.1 Å². The molecule has 1 aliphatic rings. The van der Waals surface area contributed by atoms with Crippen LogP contribution in [0.25, 0.3) is 0 Å². The van der Waals surface area contributed by atoms with E-state index in [-0.39, 0.29) is 30.1 Å². The molecule has 0 aromatic heterocycles. The van der Waals surface area contributed by atoms with Gasteiger partial charge in [0, 0.05) is 32.1 Å². The van der Waals surface area contributed by atoms with Crippen molar-refractivity contribution in [1.29, 1.82) is 0 Å². The van der Waals surface area contributed by atoms with Crippen LogP contribution in [0.3, 0.4) is 0 Å². The van der Waals surface area contributed by atoms with Gasteiger partial charge in [0.2, 0.25) is 5.91 Å². The van der Waals surface area contributed by atoms with Gasteiger partial charge >= 0.3 is 0 Å². The molecule has 7 nitrogen and oxygen atoms in total. The summed E-state index contributed by atoms with van der Waals surface area (Å²) in [5.74, 6) is 0.544. The van der Waals surface area contributed by atoms with Gasteiger partial charge < -0.3 is 25.0 Å². The Morgan fingerprint density at radius 3 is 2.35 bits per heavy atom. The van der Waals surface area contributed by atoms with Crippen LogP contribution in [-0.4, -0.2) is 57.6 Å². The van der Waals surface area contributed by atoms with E-state index in [1.807, 2.05) is 0 Å². The number of piperidine rings is 1. The van der Waals surface area contributed by atoms with E-state index in [2.05, 4.69) is 17.6 Å². The minimum atomic E-state index is -0.213. The number of amides is 2. The van der Waals surface area contributed by atoms with Crippen molar-refractivity contribution in [1.82, 2.24) is 10.2 Å². The van der Waals surface area contributed by atoms with E-state index in [1.54, 1.807) is 26.2 Å². The lowest BCUT2D eigenvalue weighted by molar-refractivity contribution is -0.120. The Bertz CT molecular complexity index is 652. The third-order valence-corrected chi connectivity index (χ3v) is 4.41. The van der Waals surface area contributed by atoms with Crippen LogP contribution in [0.5, 0.6) is 11.5 Å². The second-order valence-corrected chi connectivity index (χ2v) is 6.52. The third kappa shape index (κ3) is 5.02. The van der Waals surface area contributed by atoms with Crippen molar-refractivity contribution in [2.24, 2.45) is 5.92 Å². The molecule has 1 heterocycles. The lowest BCUT2D eigenvalue weighted by atomic mass is 9.92. The molecule has 2 amide bonds. The van der Waals surface area contributed by atoms with E-state index in [4.69, 9.17) is 9.47 Å². The van der Waals surface area contributed by atoms with E-state index in [0.29, 0.717) is 28.8 Å². The van der Waals surface area contributed by atoms with Crippen LogP contribution < -0.4 is 20.1 Å². The first kappa shape index (κ1) is 22.1. The van der Waals surface area contributed by atoms with Crippen molar-refractivity contribution in [2.75, 3.05) is 40.2 Å². The minimum absolute atomic E-state index is 0. The number of halogens is 1. The summed E-state index contributed by atoms with van der Waals surface area (Å²) in [5, 5.41) is 6.24. The van der Waals surface area contributed by atoms with E-state index >= 15 is 0 Å². The summed E-state index contributed by atoms with van der Waals surface area (Å²) in [5.41, 5.74) is 0.811. The molecule has 26 heavy (non-hydrogen) atoms. The molecular weight excluding hydrogens is 358 g/mol. The van der Waals surface area contributed by atoms with Crippen molar-refractivity contribution in [3.63, 3.8) is 0 Å². The molecule has 1 saturated heterocycles. The maximum Gasteiger partial charge on any atom is 0.255 e. The first-order chi connectivity index (χ1) is 11.9. The molecule has 8 heteroatoms. The Kier molecular flexibility index (Phi) is 8.17. The molecule has 2 atom stereocenters. The second kappa shape index (κ2) is 9.64. The van der Waals surface area contributed by atoms with Crippen LogP contribution in [0.1, 0.15) is 30.1 Å². The number of carbonyl (C=O) groups is 2. The van der Waals surface area contributed by atoms with Gasteiger partial charge in [0.15, 0.2) is 11.5 Å². The maximum atomic E-state index is 12.7. The smallest absolute Gasteiger partial charge is 0.255 e. The Morgan fingerprint density at radius 2 is 1.81 bits per heavy atom. The van der Waals surface area contributed by atoms with Gasteiger partial charge in [-0.1, -0.05) is 0 Å². The molecule has 0 bridgehead atoms. The van der Waals surface area contributed by atoms with Crippen molar-refractivity contribution >= 4 is 29.9 Å². The van der Waals surface area contributed by atoms with Gasteiger partial charge in [-0.05, 0) is 32.4 Å². The van der Waals surface area contributed by atoms with Gasteiger partial charge in [-0.15, -0.1) is 12.4 Å². The number of nitrogens with zero attached hydrogens (tertiary/aromatic N) is 1. The normalized spacial score (nSPS) is 19.1. The molecule has 0 spiro atoms. The summed E-state index contributed by atoms with van der Waals surface area (Å²) >= 11 is 0. The second-order valence-electron chi connectivity index (χ2n) is 6.52. The molecule has 1 fully saturated rings. The van der Waals surface area contributed by atoms with Crippen molar-refractivity contribution < 1.29 is 19.1 Å². The zero-order valence-electron chi connectivity index (χ0n) is 15.9. The van der Waals surface area contributed by atoms with Crippen LogP contribution in [0, 0.1) is 5.92 Å². The zero-order chi connectivity index (χ0) is 18.6. The van der Waals surface area contributed by atoms with E-state index in [0.717, 1.165) is 19.4 Å². The Morgan fingerprint density at radius 1 is 1.19 bits per heavy atom. The number of anilines is 1. The van der Waals surface area contributed by atoms with E-state index < -0.39 is 0 Å². The molecule has 1 aliphatic heterocycles. The lowest BCUT2D eigenvalue weighted by Crippen LogP contribution is -2.40. The fourth-order valence-corrected chi connectivity index (χ4v) is 3.01. The minimum Gasteiger partial charge on any atom is -0.493 e. The average Bonchev–Trinajstić information content (AvgIpc) is 2.60. The fraction of sp³-hybridized carbons (Fsp3) is 0.556. The van der Waals surface area contributed by atoms with Gasteiger partial charge in [0.05, 0.1) is 25.5 Å². The summed E-state index contributed by atoms with van der Waals surface area (Å²) in [6.45, 7) is 2.88. The average molecular weight is 386 g/mol. The quantitative estimate of drug-likeness (QED) is 0.811. The highest BCUT2D eigenvalue weighted by Crippen LogP contribution is 2.34. The molecule has 1 aromatic rings. The summed E-state index contributed by atoms with van der Waals surface area (Å²) in [4.78, 5) is 26.6. The first-order valence-corrected chi connectivity index (χ1v) is 8.39. The largest absolute Gasteiger partial charge is 0.493 e. The van der Waals surface area contributed by atoms with Crippen molar-refractivity contribution in [2.45, 2.75) is 25.8 Å². The highest BCUT2D eigenvalue weighted by Gasteiger charge is 2.27. The predicted molar refractivity (Wildman–Crippen MR) is 104 cm³/mol. The topological polar surface area (TPSA) is 79.9 Å². The van der Waals surface area contributed by atoms with Crippen LogP contribution in [-0.2, 0) is 4.79 Å². The first-order valence-electron chi connectivity index (χ1n) is 8.39. The number of ether oxygens (including phenoxy) is 2. The number of hydrogen-bond acceptors (Lipinski definition) is 5. The number of benzene rings is 1. The number of rotatable bonds is 5. The molecule has 0 aliphatic carbocycles. The fourth-order valence-electron chi connectivity index (χ4n) is 3.01. The number of nitrogens with one attached hydrogen (secondary N) is 2. The SMILES string of the molecule is COc1cc(NC(=O)[C@H]2CCN[C@@H](C)C2)c(C(=O)N(C)C)cc1OC.Cl. The highest BCUT2D eigenvalue weighted by molar-refractivity contribution is 6.04. The molecule has 2 N–H and O–H groups in total. The number of hydrogen-bond donors (Lipinski definition) is 2. The van der Waals surface area contributed by atoms with Crippen molar-refractivity contribution in [3.8, 4) is 11.5 Å². The molecule has 146 valence electrons. The third-order valence-electron chi connectivity index (χ3n) is 4.41. The molecular formula is C18H28ClN3O4. The van der Waals surface area contributed by atoms with Gasteiger partial charge in [0.1, 0.15) is 0 Å². The van der Waals surface area contributed by atoms with Gasteiger partial charge in [-0.2, -0.15) is 0 Å². The summed E-state index contributed by atoms with van der Waals surface area (Å²) in [6.07, 6.45) is 1.55. The van der Waals surface area contributed by atoms with E-state index in [9.17, 15) is 9.59 Å². The van der Waals surface area contributed by atoms with E-state index in [1.165, 1.54) is 19.1 Å². The number of methoxy groups -OCH3 is 2. The van der Waals surface area contributed by atoms with Crippen LogP contribution in [0.4, 0.5) is 5.69 Å². The van der Waals surface area contributed by atoms with Gasteiger partial charge in [0.25, 0.3) is 5.91 Å². The molecule has 2 rings (SSSR count). The summed E-state index contributed by atoms with van der Waals surface area (Å²) in [6, 6.07) is 3.54. The summed E-state index contributed by atoms with van der Waals surface area (Å²) in [7, 11) is 6.36. The maximum absolute atomic E-state index is 12.7. The highest BCUT2D eigenvalue weighted by atomic mass is 35.5. The Labute approximate surface area is 160 Å². The lowest BCUT2D eigenvalue weighted by Gasteiger charge is -2.27. The molecule has 0 radical (unpaired) electrons. The predicted octanol–water partition coefficient (Wildman–Crippen LogP) is 2.15. The molecule has 0 saturated carbocycles. The van der Waals surface area contributed by atoms with Crippen molar-refractivity contribution in [3.05, 3.63) is 17.7 Å². The molecule has 0 unspecified atom stereocenters. The monoisotopic (exact) mass is 385 g/mol. The van der Waals surface area contributed by atoms with Crippen LogP contribution >= 0.6 is 12.4 Å². The molecule has 1 aromatic carbocycles. The standard InChI is InChI=1S/C18H27N3O4.ClH/c1-11-8-12(6-7-19-11)17(22)20-14-10-16(25-5)15(24-4)9-13(14)18(23)21(2)3;/h9-12,19H,6-8H2,1-5H3,(H,20,22);1H/t11-,12-;/m0./s1. The van der Waals surface area contributed by atoms with Crippen LogP contribution in [0.2, 0.25) is 0 Å². The van der Waals surface area contributed by atoms with Gasteiger partial charge in [-0.3, -0.25) is 9.59 Å². The number of carbonyl (C=O) groups excluding carboxylic acids is 2. The zero-order valence-corrected chi connectivity index (χ0v) is 16.7. The summed E-state index contributed by atoms with van der Waals surface area (Å²) < 4.78 is 10.6.